The van der Waals surface area contributed by atoms with E-state index in [2.05, 4.69) is 9.97 Å². The maximum Gasteiger partial charge on any atom is 0.125 e. The molecule has 0 saturated carbocycles. The van der Waals surface area contributed by atoms with Crippen molar-refractivity contribution in [1.29, 1.82) is 0 Å². The van der Waals surface area contributed by atoms with Gasteiger partial charge in [0.15, 0.2) is 0 Å². The largest absolute Gasteiger partial charge is 0.321 e. The molecule has 0 amide bonds. The lowest BCUT2D eigenvalue weighted by Gasteiger charge is -2.17. The van der Waals surface area contributed by atoms with Gasteiger partial charge < -0.3 is 5.73 Å². The predicted octanol–water partition coefficient (Wildman–Crippen LogP) is 0.979. The second kappa shape index (κ2) is 2.58. The van der Waals surface area contributed by atoms with E-state index in [-0.39, 0.29) is 5.54 Å². The standard InChI is InChI=1S/C8H13N3/c1-6-10-5-4-7(11-6)8(2,3)9/h4-5H,9H2,1-3H3. The molecule has 0 spiro atoms. The second-order valence-electron chi connectivity index (χ2n) is 3.21. The fourth-order valence-corrected chi connectivity index (χ4v) is 0.815. The van der Waals surface area contributed by atoms with E-state index < -0.39 is 0 Å². The van der Waals surface area contributed by atoms with E-state index in [1.165, 1.54) is 0 Å². The Kier molecular flexibility index (Phi) is 1.91. The molecule has 0 radical (unpaired) electrons. The minimum atomic E-state index is -0.367. The summed E-state index contributed by atoms with van der Waals surface area (Å²) in [6.45, 7) is 5.71. The summed E-state index contributed by atoms with van der Waals surface area (Å²) < 4.78 is 0. The maximum absolute atomic E-state index is 5.84. The Labute approximate surface area is 66.7 Å². The molecule has 0 fully saturated rings. The first-order chi connectivity index (χ1) is 5.00. The molecule has 0 aliphatic rings. The fraction of sp³-hybridized carbons (Fsp3) is 0.500. The zero-order valence-electron chi connectivity index (χ0n) is 7.13. The van der Waals surface area contributed by atoms with Crippen LogP contribution in [0, 0.1) is 6.92 Å². The number of aryl methyl sites for hydroxylation is 1. The van der Waals surface area contributed by atoms with E-state index in [1.807, 2.05) is 26.8 Å². The minimum absolute atomic E-state index is 0.367. The maximum atomic E-state index is 5.84. The van der Waals surface area contributed by atoms with E-state index in [0.717, 1.165) is 11.5 Å². The molecule has 0 aliphatic carbocycles. The van der Waals surface area contributed by atoms with Crippen LogP contribution < -0.4 is 5.73 Å². The van der Waals surface area contributed by atoms with Crippen molar-refractivity contribution in [2.45, 2.75) is 26.3 Å². The normalized spacial score (nSPS) is 11.6. The van der Waals surface area contributed by atoms with Gasteiger partial charge in [-0.15, -0.1) is 0 Å². The van der Waals surface area contributed by atoms with Crippen LogP contribution in [0.2, 0.25) is 0 Å². The van der Waals surface area contributed by atoms with Crippen LogP contribution in [0.15, 0.2) is 12.3 Å². The van der Waals surface area contributed by atoms with E-state index in [0.29, 0.717) is 0 Å². The van der Waals surface area contributed by atoms with E-state index in [1.54, 1.807) is 6.20 Å². The van der Waals surface area contributed by atoms with Crippen molar-refractivity contribution in [2.75, 3.05) is 0 Å². The van der Waals surface area contributed by atoms with Gasteiger partial charge >= 0.3 is 0 Å². The third kappa shape index (κ3) is 1.98. The number of nitrogens with zero attached hydrogens (tertiary/aromatic N) is 2. The van der Waals surface area contributed by atoms with Gasteiger partial charge in [0.2, 0.25) is 0 Å². The topological polar surface area (TPSA) is 51.8 Å². The quantitative estimate of drug-likeness (QED) is 0.651. The highest BCUT2D eigenvalue weighted by atomic mass is 14.9. The van der Waals surface area contributed by atoms with E-state index >= 15 is 0 Å². The van der Waals surface area contributed by atoms with Crippen LogP contribution in [0.3, 0.4) is 0 Å². The van der Waals surface area contributed by atoms with E-state index in [4.69, 9.17) is 5.73 Å². The average molecular weight is 151 g/mol. The summed E-state index contributed by atoms with van der Waals surface area (Å²) >= 11 is 0. The third-order valence-corrected chi connectivity index (χ3v) is 1.44. The molecule has 1 aromatic heterocycles. The summed E-state index contributed by atoms with van der Waals surface area (Å²) in [5, 5.41) is 0. The molecule has 0 saturated heterocycles. The SMILES string of the molecule is Cc1nccc(C(C)(C)N)n1. The van der Waals surface area contributed by atoms with Gasteiger partial charge in [0.25, 0.3) is 0 Å². The summed E-state index contributed by atoms with van der Waals surface area (Å²) in [6.07, 6.45) is 1.73. The molecule has 2 N–H and O–H groups in total. The Balaban J connectivity index is 3.06. The first kappa shape index (κ1) is 8.14. The molecular weight excluding hydrogens is 138 g/mol. The van der Waals surface area contributed by atoms with Crippen molar-refractivity contribution < 1.29 is 0 Å². The van der Waals surface area contributed by atoms with Crippen molar-refractivity contribution in [2.24, 2.45) is 5.73 Å². The fourth-order valence-electron chi connectivity index (χ4n) is 0.815. The number of hydrogen-bond donors (Lipinski definition) is 1. The van der Waals surface area contributed by atoms with Crippen molar-refractivity contribution in [1.82, 2.24) is 9.97 Å². The molecule has 3 nitrogen and oxygen atoms in total. The van der Waals surface area contributed by atoms with E-state index in [9.17, 15) is 0 Å². The third-order valence-electron chi connectivity index (χ3n) is 1.44. The average Bonchev–Trinajstić information content (AvgIpc) is 1.86. The lowest BCUT2D eigenvalue weighted by molar-refractivity contribution is 0.531. The zero-order valence-corrected chi connectivity index (χ0v) is 7.13. The molecule has 0 aliphatic heterocycles. The van der Waals surface area contributed by atoms with Crippen LogP contribution in [0.5, 0.6) is 0 Å². The molecule has 3 heteroatoms. The molecule has 0 aromatic carbocycles. The van der Waals surface area contributed by atoms with Crippen LogP contribution in [0.25, 0.3) is 0 Å². The summed E-state index contributed by atoms with van der Waals surface area (Å²) in [6, 6.07) is 1.84. The van der Waals surface area contributed by atoms with Gasteiger partial charge in [-0.05, 0) is 26.8 Å². The number of nitrogens with two attached hydrogens (primary N) is 1. The van der Waals surface area contributed by atoms with Crippen molar-refractivity contribution in [3.8, 4) is 0 Å². The first-order valence-corrected chi connectivity index (χ1v) is 3.59. The first-order valence-electron chi connectivity index (χ1n) is 3.59. The van der Waals surface area contributed by atoms with Crippen molar-refractivity contribution in [3.05, 3.63) is 23.8 Å². The van der Waals surface area contributed by atoms with Gasteiger partial charge in [0.05, 0.1) is 11.2 Å². The summed E-state index contributed by atoms with van der Waals surface area (Å²) in [5.74, 6) is 0.765. The Morgan fingerprint density at radius 3 is 2.45 bits per heavy atom. The molecule has 11 heavy (non-hydrogen) atoms. The van der Waals surface area contributed by atoms with Gasteiger partial charge in [0, 0.05) is 6.20 Å². The monoisotopic (exact) mass is 151 g/mol. The van der Waals surface area contributed by atoms with Crippen LogP contribution >= 0.6 is 0 Å². The Morgan fingerprint density at radius 2 is 2.09 bits per heavy atom. The number of aromatic nitrogens is 2. The van der Waals surface area contributed by atoms with Crippen LogP contribution in [0.1, 0.15) is 25.4 Å². The lowest BCUT2D eigenvalue weighted by atomic mass is 10.0. The molecule has 0 atom stereocenters. The zero-order chi connectivity index (χ0) is 8.48. The Morgan fingerprint density at radius 1 is 1.45 bits per heavy atom. The van der Waals surface area contributed by atoms with Gasteiger partial charge in [-0.3, -0.25) is 0 Å². The van der Waals surface area contributed by atoms with Crippen LogP contribution in [0.4, 0.5) is 0 Å². The summed E-state index contributed by atoms with van der Waals surface area (Å²) in [4.78, 5) is 8.20. The van der Waals surface area contributed by atoms with Gasteiger partial charge in [-0.25, -0.2) is 9.97 Å². The molecule has 1 heterocycles. The Bertz CT molecular complexity index is 250. The van der Waals surface area contributed by atoms with Crippen molar-refractivity contribution in [3.63, 3.8) is 0 Å². The summed E-state index contributed by atoms with van der Waals surface area (Å²) in [5.41, 5.74) is 6.35. The molecule has 0 bridgehead atoms. The Hall–Kier alpha value is -0.960. The van der Waals surface area contributed by atoms with Crippen molar-refractivity contribution >= 4 is 0 Å². The molecular formula is C8H13N3. The highest BCUT2D eigenvalue weighted by molar-refractivity contribution is 5.10. The van der Waals surface area contributed by atoms with Gasteiger partial charge in [-0.1, -0.05) is 0 Å². The van der Waals surface area contributed by atoms with Gasteiger partial charge in [-0.2, -0.15) is 0 Å². The molecule has 60 valence electrons. The smallest absolute Gasteiger partial charge is 0.125 e. The second-order valence-corrected chi connectivity index (χ2v) is 3.21. The van der Waals surface area contributed by atoms with Crippen LogP contribution in [-0.2, 0) is 5.54 Å². The number of hydrogen-bond acceptors (Lipinski definition) is 3. The van der Waals surface area contributed by atoms with Gasteiger partial charge in [0.1, 0.15) is 5.82 Å². The molecule has 1 rings (SSSR count). The minimum Gasteiger partial charge on any atom is -0.321 e. The highest BCUT2D eigenvalue weighted by Gasteiger charge is 2.15. The highest BCUT2D eigenvalue weighted by Crippen LogP contribution is 2.12. The molecule has 1 aromatic rings. The summed E-state index contributed by atoms with van der Waals surface area (Å²) in [7, 11) is 0. The number of rotatable bonds is 1. The van der Waals surface area contributed by atoms with Crippen LogP contribution in [-0.4, -0.2) is 9.97 Å². The lowest BCUT2D eigenvalue weighted by Crippen LogP contribution is -2.30. The predicted molar refractivity (Wildman–Crippen MR) is 44.0 cm³/mol. The molecule has 0 unspecified atom stereocenters.